The summed E-state index contributed by atoms with van der Waals surface area (Å²) in [5.74, 6) is -0.211. The smallest absolute Gasteiger partial charge is 0.324 e. The minimum Gasteiger partial charge on any atom is -0.324 e. The van der Waals surface area contributed by atoms with Crippen LogP contribution in [0.15, 0.2) is 12.4 Å². The van der Waals surface area contributed by atoms with Gasteiger partial charge < -0.3 is 5.32 Å². The molecule has 16 heavy (non-hydrogen) atoms. The molecule has 2 rings (SSSR count). The lowest BCUT2D eigenvalue weighted by molar-refractivity contribution is -0.130. The monoisotopic (exact) mass is 223 g/mol. The number of carbonyl (C=O) groups excluding carboxylic acids is 2. The zero-order chi connectivity index (χ0) is 11.8. The van der Waals surface area contributed by atoms with Crippen LogP contribution in [0.4, 0.5) is 4.79 Å². The normalized spacial score (nSPS) is 19.0. The van der Waals surface area contributed by atoms with E-state index in [1.54, 1.807) is 30.9 Å². The highest BCUT2D eigenvalue weighted by atomic mass is 16.2. The molecule has 7 heteroatoms. The van der Waals surface area contributed by atoms with Crippen molar-refractivity contribution in [1.82, 2.24) is 25.2 Å². The van der Waals surface area contributed by atoms with Crippen LogP contribution in [0.3, 0.4) is 0 Å². The summed E-state index contributed by atoms with van der Waals surface area (Å²) in [5.41, 5.74) is -0.806. The predicted octanol–water partition coefficient (Wildman–Crippen LogP) is -0.392. The molecule has 1 saturated heterocycles. The SMILES string of the molecule is CC1(C)NC(=O)N(CCn2ccnn2)C1=O. The Morgan fingerprint density at radius 1 is 1.38 bits per heavy atom. The van der Waals surface area contributed by atoms with Gasteiger partial charge in [0, 0.05) is 6.20 Å². The molecule has 2 heterocycles. The second-order valence-corrected chi connectivity index (χ2v) is 4.18. The number of hydrogen-bond donors (Lipinski definition) is 1. The highest BCUT2D eigenvalue weighted by molar-refractivity contribution is 6.06. The van der Waals surface area contributed by atoms with Crippen LogP contribution in [0, 0.1) is 0 Å². The number of nitrogens with zero attached hydrogens (tertiary/aromatic N) is 4. The van der Waals surface area contributed by atoms with Crippen molar-refractivity contribution in [2.75, 3.05) is 6.54 Å². The second-order valence-electron chi connectivity index (χ2n) is 4.18. The highest BCUT2D eigenvalue weighted by Crippen LogP contribution is 2.16. The quantitative estimate of drug-likeness (QED) is 0.707. The molecule has 1 aliphatic heterocycles. The molecular weight excluding hydrogens is 210 g/mol. The van der Waals surface area contributed by atoms with Gasteiger partial charge in [0.05, 0.1) is 19.3 Å². The van der Waals surface area contributed by atoms with E-state index >= 15 is 0 Å². The van der Waals surface area contributed by atoms with Crippen LogP contribution in [0.2, 0.25) is 0 Å². The number of imide groups is 1. The summed E-state index contributed by atoms with van der Waals surface area (Å²) in [6.07, 6.45) is 3.24. The average molecular weight is 223 g/mol. The van der Waals surface area contributed by atoms with Gasteiger partial charge >= 0.3 is 6.03 Å². The number of rotatable bonds is 3. The van der Waals surface area contributed by atoms with E-state index in [9.17, 15) is 9.59 Å². The van der Waals surface area contributed by atoms with Gasteiger partial charge in [-0.05, 0) is 13.8 Å². The van der Waals surface area contributed by atoms with Crippen LogP contribution in [0.1, 0.15) is 13.8 Å². The van der Waals surface area contributed by atoms with Gasteiger partial charge in [0.2, 0.25) is 0 Å². The van der Waals surface area contributed by atoms with Crippen LogP contribution in [0.25, 0.3) is 0 Å². The molecule has 1 aromatic rings. The summed E-state index contributed by atoms with van der Waals surface area (Å²) in [6, 6.07) is -0.352. The summed E-state index contributed by atoms with van der Waals surface area (Å²) >= 11 is 0. The van der Waals surface area contributed by atoms with Crippen LogP contribution >= 0.6 is 0 Å². The zero-order valence-corrected chi connectivity index (χ0v) is 9.17. The van der Waals surface area contributed by atoms with Crippen LogP contribution < -0.4 is 5.32 Å². The van der Waals surface area contributed by atoms with E-state index in [1.807, 2.05) is 0 Å². The summed E-state index contributed by atoms with van der Waals surface area (Å²) < 4.78 is 1.58. The van der Waals surface area contributed by atoms with E-state index in [1.165, 1.54) is 4.90 Å². The number of hydrogen-bond acceptors (Lipinski definition) is 4. The summed E-state index contributed by atoms with van der Waals surface area (Å²) in [4.78, 5) is 24.5. The molecule has 3 amide bonds. The molecule has 0 aromatic carbocycles. The van der Waals surface area contributed by atoms with Crippen molar-refractivity contribution in [2.24, 2.45) is 0 Å². The van der Waals surface area contributed by atoms with E-state index in [-0.39, 0.29) is 11.9 Å². The molecule has 0 spiro atoms. The number of amides is 3. The van der Waals surface area contributed by atoms with Crippen LogP contribution in [-0.2, 0) is 11.3 Å². The fraction of sp³-hybridized carbons (Fsp3) is 0.556. The third-order valence-electron chi connectivity index (χ3n) is 2.47. The van der Waals surface area contributed by atoms with E-state index in [2.05, 4.69) is 15.6 Å². The largest absolute Gasteiger partial charge is 0.325 e. The molecule has 0 saturated carbocycles. The summed E-state index contributed by atoms with van der Waals surface area (Å²) in [6.45, 7) is 4.12. The van der Waals surface area contributed by atoms with Gasteiger partial charge in [-0.15, -0.1) is 5.10 Å². The van der Waals surface area contributed by atoms with Crippen molar-refractivity contribution < 1.29 is 9.59 Å². The second kappa shape index (κ2) is 3.58. The van der Waals surface area contributed by atoms with Gasteiger partial charge in [-0.2, -0.15) is 0 Å². The van der Waals surface area contributed by atoms with E-state index in [0.717, 1.165) is 0 Å². The van der Waals surface area contributed by atoms with Gasteiger partial charge in [-0.3, -0.25) is 14.4 Å². The van der Waals surface area contributed by atoms with Crippen molar-refractivity contribution >= 4 is 11.9 Å². The Morgan fingerprint density at radius 3 is 2.62 bits per heavy atom. The van der Waals surface area contributed by atoms with Gasteiger partial charge in [0.15, 0.2) is 0 Å². The number of nitrogens with one attached hydrogen (secondary N) is 1. The summed E-state index contributed by atoms with van der Waals surface area (Å²) in [7, 11) is 0. The van der Waals surface area contributed by atoms with Crippen molar-refractivity contribution in [3.05, 3.63) is 12.4 Å². The lowest BCUT2D eigenvalue weighted by Crippen LogP contribution is -2.40. The molecule has 0 unspecified atom stereocenters. The van der Waals surface area contributed by atoms with E-state index in [4.69, 9.17) is 0 Å². The predicted molar refractivity (Wildman–Crippen MR) is 54.3 cm³/mol. The van der Waals surface area contributed by atoms with Gasteiger partial charge in [-0.25, -0.2) is 4.79 Å². The highest BCUT2D eigenvalue weighted by Gasteiger charge is 2.43. The van der Waals surface area contributed by atoms with Crippen LogP contribution in [-0.4, -0.2) is 43.9 Å². The molecule has 0 radical (unpaired) electrons. The number of carbonyl (C=O) groups is 2. The third kappa shape index (κ3) is 1.75. The average Bonchev–Trinajstić information content (AvgIpc) is 2.74. The van der Waals surface area contributed by atoms with E-state index in [0.29, 0.717) is 13.1 Å². The fourth-order valence-electron chi connectivity index (χ4n) is 1.58. The molecular formula is C9H13N5O2. The first-order chi connectivity index (χ1) is 7.50. The first kappa shape index (κ1) is 10.6. The van der Waals surface area contributed by atoms with Crippen molar-refractivity contribution in [1.29, 1.82) is 0 Å². The summed E-state index contributed by atoms with van der Waals surface area (Å²) in [5, 5.41) is 10.0. The van der Waals surface area contributed by atoms with Gasteiger partial charge in [0.1, 0.15) is 5.54 Å². The number of aromatic nitrogens is 3. The fourth-order valence-corrected chi connectivity index (χ4v) is 1.58. The van der Waals surface area contributed by atoms with Gasteiger partial charge in [0.25, 0.3) is 5.91 Å². The number of urea groups is 1. The molecule has 1 fully saturated rings. The zero-order valence-electron chi connectivity index (χ0n) is 9.17. The maximum atomic E-state index is 11.8. The van der Waals surface area contributed by atoms with Gasteiger partial charge in [-0.1, -0.05) is 5.21 Å². The maximum absolute atomic E-state index is 11.8. The lowest BCUT2D eigenvalue weighted by atomic mass is 10.1. The molecule has 1 aliphatic rings. The molecule has 86 valence electrons. The topological polar surface area (TPSA) is 80.1 Å². The Hall–Kier alpha value is -1.92. The van der Waals surface area contributed by atoms with Crippen molar-refractivity contribution in [2.45, 2.75) is 25.9 Å². The van der Waals surface area contributed by atoms with Crippen molar-refractivity contribution in [3.8, 4) is 0 Å². The van der Waals surface area contributed by atoms with Crippen LogP contribution in [0.5, 0.6) is 0 Å². The Morgan fingerprint density at radius 2 is 2.12 bits per heavy atom. The Bertz CT molecular complexity index is 412. The maximum Gasteiger partial charge on any atom is 0.325 e. The molecule has 7 nitrogen and oxygen atoms in total. The minimum atomic E-state index is -0.806. The minimum absolute atomic E-state index is 0.211. The molecule has 0 aliphatic carbocycles. The molecule has 1 aromatic heterocycles. The first-order valence-corrected chi connectivity index (χ1v) is 4.99. The standard InChI is InChI=1S/C9H13N5O2/c1-9(2)7(15)14(8(16)11-9)6-5-13-4-3-10-12-13/h3-4H,5-6H2,1-2H3,(H,11,16). The first-order valence-electron chi connectivity index (χ1n) is 4.99. The Labute approximate surface area is 92.4 Å². The van der Waals surface area contributed by atoms with Crippen molar-refractivity contribution in [3.63, 3.8) is 0 Å². The third-order valence-corrected chi connectivity index (χ3v) is 2.47. The Balaban J connectivity index is 2.00. The molecule has 1 N–H and O–H groups in total. The molecule has 0 atom stereocenters. The lowest BCUT2D eigenvalue weighted by Gasteiger charge is -2.15. The van der Waals surface area contributed by atoms with E-state index < -0.39 is 5.54 Å². The Kier molecular flexibility index (Phi) is 2.37. The molecule has 0 bridgehead atoms.